The number of halogens is 1. The van der Waals surface area contributed by atoms with Crippen LogP contribution in [-0.2, 0) is 19.4 Å². The Bertz CT molecular complexity index is 946. The lowest BCUT2D eigenvalue weighted by Gasteiger charge is -2.19. The number of hydrogen-bond acceptors (Lipinski definition) is 2. The molecule has 1 aliphatic heterocycles. The summed E-state index contributed by atoms with van der Waals surface area (Å²) >= 11 is 5.89. The highest BCUT2D eigenvalue weighted by molar-refractivity contribution is 6.30. The van der Waals surface area contributed by atoms with E-state index in [0.717, 1.165) is 46.8 Å². The Morgan fingerprint density at radius 3 is 2.88 bits per heavy atom. The third kappa shape index (κ3) is 3.47. The molecule has 26 heavy (non-hydrogen) atoms. The van der Waals surface area contributed by atoms with Gasteiger partial charge in [-0.3, -0.25) is 4.79 Å². The molecule has 1 N–H and O–H groups in total. The summed E-state index contributed by atoms with van der Waals surface area (Å²) < 4.78 is 2.29. The minimum absolute atomic E-state index is 0.0554. The molecular formula is C21H22ClN3O. The van der Waals surface area contributed by atoms with Gasteiger partial charge in [-0.15, -0.1) is 0 Å². The van der Waals surface area contributed by atoms with Crippen molar-refractivity contribution in [3.05, 3.63) is 64.4 Å². The predicted octanol–water partition coefficient (Wildman–Crippen LogP) is 4.24. The van der Waals surface area contributed by atoms with E-state index in [1.165, 1.54) is 6.42 Å². The number of hydrogen-bond donors (Lipinski definition) is 1. The SMILES string of the molecule is C[C@@H]1CCn2c(nc3cc(C(=O)NCCc4ccc(Cl)cc4)ccc32)C1. The fourth-order valence-electron chi connectivity index (χ4n) is 3.56. The van der Waals surface area contributed by atoms with Gasteiger partial charge >= 0.3 is 0 Å². The van der Waals surface area contributed by atoms with E-state index in [1.807, 2.05) is 42.5 Å². The lowest BCUT2D eigenvalue weighted by atomic mass is 10.0. The van der Waals surface area contributed by atoms with Gasteiger partial charge in [-0.1, -0.05) is 30.7 Å². The van der Waals surface area contributed by atoms with Gasteiger partial charge in [-0.25, -0.2) is 4.98 Å². The summed E-state index contributed by atoms with van der Waals surface area (Å²) in [6.45, 7) is 3.87. The van der Waals surface area contributed by atoms with E-state index in [1.54, 1.807) is 0 Å². The largest absolute Gasteiger partial charge is 0.352 e. The number of imidazole rings is 1. The lowest BCUT2D eigenvalue weighted by Crippen LogP contribution is -2.25. The van der Waals surface area contributed by atoms with Crippen LogP contribution in [0.25, 0.3) is 11.0 Å². The molecule has 0 spiro atoms. The maximum atomic E-state index is 12.5. The van der Waals surface area contributed by atoms with Crippen molar-refractivity contribution < 1.29 is 4.79 Å². The summed E-state index contributed by atoms with van der Waals surface area (Å²) in [6, 6.07) is 13.5. The quantitative estimate of drug-likeness (QED) is 0.749. The number of carbonyl (C=O) groups excluding carboxylic acids is 1. The summed E-state index contributed by atoms with van der Waals surface area (Å²) in [5.74, 6) is 1.76. The van der Waals surface area contributed by atoms with Crippen molar-refractivity contribution in [2.24, 2.45) is 5.92 Å². The molecule has 1 atom stereocenters. The predicted molar refractivity (Wildman–Crippen MR) is 105 cm³/mol. The van der Waals surface area contributed by atoms with Crippen LogP contribution in [0.2, 0.25) is 5.02 Å². The molecule has 0 aliphatic carbocycles. The van der Waals surface area contributed by atoms with Gasteiger partial charge in [0.25, 0.3) is 5.91 Å². The highest BCUT2D eigenvalue weighted by Gasteiger charge is 2.19. The molecule has 0 unspecified atom stereocenters. The molecule has 2 aromatic carbocycles. The number of rotatable bonds is 4. The first-order valence-corrected chi connectivity index (χ1v) is 9.50. The fourth-order valence-corrected chi connectivity index (χ4v) is 3.69. The van der Waals surface area contributed by atoms with Gasteiger partial charge in [0, 0.05) is 30.1 Å². The monoisotopic (exact) mass is 367 g/mol. The molecule has 4 rings (SSSR count). The first-order valence-electron chi connectivity index (χ1n) is 9.12. The molecule has 134 valence electrons. The molecule has 0 bridgehead atoms. The van der Waals surface area contributed by atoms with Gasteiger partial charge in [0.1, 0.15) is 5.82 Å². The molecule has 5 heteroatoms. The highest BCUT2D eigenvalue weighted by Crippen LogP contribution is 2.25. The average Bonchev–Trinajstić information content (AvgIpc) is 2.99. The third-order valence-electron chi connectivity index (χ3n) is 5.08. The van der Waals surface area contributed by atoms with Crippen LogP contribution in [0.1, 0.15) is 35.1 Å². The maximum absolute atomic E-state index is 12.5. The lowest BCUT2D eigenvalue weighted by molar-refractivity contribution is 0.0954. The van der Waals surface area contributed by atoms with E-state index >= 15 is 0 Å². The van der Waals surface area contributed by atoms with Crippen molar-refractivity contribution in [1.82, 2.24) is 14.9 Å². The second-order valence-corrected chi connectivity index (χ2v) is 7.55. The summed E-state index contributed by atoms with van der Waals surface area (Å²) in [5, 5.41) is 3.71. The molecule has 1 amide bonds. The number of amides is 1. The Labute approximate surface area is 158 Å². The van der Waals surface area contributed by atoms with E-state index in [9.17, 15) is 4.79 Å². The second kappa shape index (κ2) is 7.12. The summed E-state index contributed by atoms with van der Waals surface area (Å²) in [4.78, 5) is 17.2. The van der Waals surface area contributed by atoms with Crippen molar-refractivity contribution in [3.63, 3.8) is 0 Å². The number of aromatic nitrogens is 2. The van der Waals surface area contributed by atoms with Crippen molar-refractivity contribution in [2.75, 3.05) is 6.54 Å². The molecule has 1 aliphatic rings. The highest BCUT2D eigenvalue weighted by atomic mass is 35.5. The van der Waals surface area contributed by atoms with Gasteiger partial charge in [-0.2, -0.15) is 0 Å². The van der Waals surface area contributed by atoms with Crippen LogP contribution in [0, 0.1) is 5.92 Å². The maximum Gasteiger partial charge on any atom is 0.251 e. The molecular weight excluding hydrogens is 346 g/mol. The van der Waals surface area contributed by atoms with Gasteiger partial charge in [0.05, 0.1) is 11.0 Å². The van der Waals surface area contributed by atoms with Crippen LogP contribution >= 0.6 is 11.6 Å². The van der Waals surface area contributed by atoms with Gasteiger partial charge in [-0.05, 0) is 54.7 Å². The molecule has 1 aromatic heterocycles. The Morgan fingerprint density at radius 2 is 2.08 bits per heavy atom. The zero-order valence-corrected chi connectivity index (χ0v) is 15.6. The number of fused-ring (bicyclic) bond motifs is 3. The molecule has 0 saturated heterocycles. The first-order chi connectivity index (χ1) is 12.6. The average molecular weight is 368 g/mol. The number of aryl methyl sites for hydroxylation is 1. The van der Waals surface area contributed by atoms with Crippen molar-refractivity contribution in [1.29, 1.82) is 0 Å². The van der Waals surface area contributed by atoms with Crippen LogP contribution in [0.3, 0.4) is 0 Å². The van der Waals surface area contributed by atoms with Gasteiger partial charge in [0.15, 0.2) is 0 Å². The van der Waals surface area contributed by atoms with Crippen LogP contribution in [-0.4, -0.2) is 22.0 Å². The molecule has 3 aromatic rings. The van der Waals surface area contributed by atoms with Crippen molar-refractivity contribution in [3.8, 4) is 0 Å². The Kier molecular flexibility index (Phi) is 4.68. The van der Waals surface area contributed by atoms with Crippen LogP contribution < -0.4 is 5.32 Å². The van der Waals surface area contributed by atoms with E-state index in [4.69, 9.17) is 16.6 Å². The minimum Gasteiger partial charge on any atom is -0.352 e. The molecule has 0 radical (unpaired) electrons. The Morgan fingerprint density at radius 1 is 1.27 bits per heavy atom. The van der Waals surface area contributed by atoms with Gasteiger partial charge in [0.2, 0.25) is 0 Å². The first kappa shape index (κ1) is 17.1. The Hall–Kier alpha value is -2.33. The number of nitrogens with zero attached hydrogens (tertiary/aromatic N) is 2. The molecule has 0 saturated carbocycles. The zero-order valence-electron chi connectivity index (χ0n) is 14.8. The van der Waals surface area contributed by atoms with Crippen LogP contribution in [0.15, 0.2) is 42.5 Å². The third-order valence-corrected chi connectivity index (χ3v) is 5.33. The zero-order chi connectivity index (χ0) is 18.1. The summed E-state index contributed by atoms with van der Waals surface area (Å²) in [7, 11) is 0. The van der Waals surface area contributed by atoms with Gasteiger partial charge < -0.3 is 9.88 Å². The van der Waals surface area contributed by atoms with E-state index in [-0.39, 0.29) is 5.91 Å². The Balaban J connectivity index is 1.44. The van der Waals surface area contributed by atoms with Crippen molar-refractivity contribution >= 4 is 28.5 Å². The normalized spacial score (nSPS) is 16.5. The number of benzene rings is 2. The van der Waals surface area contributed by atoms with E-state index in [0.29, 0.717) is 18.0 Å². The second-order valence-electron chi connectivity index (χ2n) is 7.11. The molecule has 0 fully saturated rings. The smallest absolute Gasteiger partial charge is 0.251 e. The standard InChI is InChI=1S/C21H22ClN3O/c1-14-9-11-25-19-7-4-16(13-18(19)24-20(25)12-14)21(26)23-10-8-15-2-5-17(22)6-3-15/h2-7,13-14H,8-12H2,1H3,(H,23,26)/t14-/m1/s1. The van der Waals surface area contributed by atoms with Crippen LogP contribution in [0.5, 0.6) is 0 Å². The van der Waals surface area contributed by atoms with E-state index < -0.39 is 0 Å². The van der Waals surface area contributed by atoms with E-state index in [2.05, 4.69) is 16.8 Å². The molecule has 4 nitrogen and oxygen atoms in total. The fraction of sp³-hybridized carbons (Fsp3) is 0.333. The topological polar surface area (TPSA) is 46.9 Å². The minimum atomic E-state index is -0.0554. The summed E-state index contributed by atoms with van der Waals surface area (Å²) in [6.07, 6.45) is 2.98. The van der Waals surface area contributed by atoms with Crippen LogP contribution in [0.4, 0.5) is 0 Å². The molecule has 2 heterocycles. The number of carbonyl (C=O) groups is 1. The number of nitrogens with one attached hydrogen (secondary N) is 1. The van der Waals surface area contributed by atoms with Crippen molar-refractivity contribution in [2.45, 2.75) is 32.7 Å². The summed E-state index contributed by atoms with van der Waals surface area (Å²) in [5.41, 5.74) is 3.86.